The average Bonchev–Trinajstić information content (AvgIpc) is 3.19. The molecule has 0 radical (unpaired) electrons. The van der Waals surface area contributed by atoms with Gasteiger partial charge in [0.25, 0.3) is 0 Å². The van der Waals surface area contributed by atoms with Crippen LogP contribution in [-0.4, -0.2) is 29.1 Å². The third-order valence-corrected chi connectivity index (χ3v) is 5.89. The van der Waals surface area contributed by atoms with Crippen molar-refractivity contribution < 1.29 is 4.79 Å². The van der Waals surface area contributed by atoms with Gasteiger partial charge in [-0.15, -0.1) is 0 Å². The molecule has 0 bridgehead atoms. The topological polar surface area (TPSA) is 117 Å². The van der Waals surface area contributed by atoms with Gasteiger partial charge in [0.2, 0.25) is 0 Å². The number of hydrogen-bond acceptors (Lipinski definition) is 6. The number of aryl methyl sites for hydroxylation is 2. The Hall–Kier alpha value is -3.28. The number of thiazole rings is 1. The van der Waals surface area contributed by atoms with Gasteiger partial charge in [-0.3, -0.25) is 10.3 Å². The van der Waals surface area contributed by atoms with Crippen molar-refractivity contribution in [3.8, 4) is 27.8 Å². The summed E-state index contributed by atoms with van der Waals surface area (Å²) in [5.41, 5.74) is 10.4. The molecule has 32 heavy (non-hydrogen) atoms. The molecule has 0 fully saturated rings. The number of carbonyl (C=O) groups is 1. The molecule has 3 rings (SSSR count). The largest absolute Gasteiger partial charge is 0.338 e. The van der Waals surface area contributed by atoms with Crippen molar-refractivity contribution in [2.24, 2.45) is 5.73 Å². The highest BCUT2D eigenvalue weighted by Crippen LogP contribution is 2.39. The molecule has 0 atom stereocenters. The molecule has 8 heteroatoms. The number of nitrogens with one attached hydrogen (secondary N) is 2. The van der Waals surface area contributed by atoms with E-state index >= 15 is 0 Å². The highest BCUT2D eigenvalue weighted by atomic mass is 32.1. The quantitative estimate of drug-likeness (QED) is 0.398. The number of amides is 2. The van der Waals surface area contributed by atoms with Crippen molar-refractivity contribution in [2.45, 2.75) is 39.5 Å². The van der Waals surface area contributed by atoms with Crippen molar-refractivity contribution in [1.82, 2.24) is 15.3 Å². The van der Waals surface area contributed by atoms with Crippen LogP contribution in [0.2, 0.25) is 0 Å². The van der Waals surface area contributed by atoms with Crippen molar-refractivity contribution in [1.29, 1.82) is 5.26 Å². The number of urea groups is 1. The number of carbonyl (C=O) groups excluding carboxylic acids is 1. The fourth-order valence-electron chi connectivity index (χ4n) is 3.43. The van der Waals surface area contributed by atoms with Crippen LogP contribution in [0.5, 0.6) is 0 Å². The molecule has 0 aliphatic carbocycles. The number of pyridine rings is 1. The number of rotatable bonds is 9. The molecular weight excluding hydrogens is 420 g/mol. The van der Waals surface area contributed by atoms with Crippen LogP contribution in [0, 0.1) is 25.2 Å². The van der Waals surface area contributed by atoms with E-state index in [0.29, 0.717) is 23.8 Å². The fourth-order valence-corrected chi connectivity index (χ4v) is 4.40. The number of nitrogens with zero attached hydrogens (tertiary/aromatic N) is 3. The Labute approximate surface area is 192 Å². The maximum absolute atomic E-state index is 12.4. The number of hydrogen-bond donors (Lipinski definition) is 3. The number of anilines is 1. The zero-order valence-corrected chi connectivity index (χ0v) is 19.3. The lowest BCUT2D eigenvalue weighted by Gasteiger charge is -2.05. The van der Waals surface area contributed by atoms with Gasteiger partial charge in [0.15, 0.2) is 5.13 Å². The third-order valence-electron chi connectivity index (χ3n) is 4.87. The van der Waals surface area contributed by atoms with Gasteiger partial charge in [-0.25, -0.2) is 9.78 Å². The van der Waals surface area contributed by atoms with Gasteiger partial charge < -0.3 is 11.1 Å². The van der Waals surface area contributed by atoms with Crippen LogP contribution in [0.1, 0.15) is 42.6 Å². The second kappa shape index (κ2) is 11.4. The Morgan fingerprint density at radius 3 is 2.53 bits per heavy atom. The van der Waals surface area contributed by atoms with Gasteiger partial charge in [-0.1, -0.05) is 36.3 Å². The van der Waals surface area contributed by atoms with Crippen molar-refractivity contribution >= 4 is 22.5 Å². The monoisotopic (exact) mass is 448 g/mol. The predicted molar refractivity (Wildman–Crippen MR) is 130 cm³/mol. The lowest BCUT2D eigenvalue weighted by Crippen LogP contribution is -2.29. The summed E-state index contributed by atoms with van der Waals surface area (Å²) in [4.78, 5) is 22.5. The SMILES string of the molecule is Cc1cc(-c2sc(NC(=O)NCCCCCCN)nc2-c2cccc(C#N)c2)cc(C)n1. The van der Waals surface area contributed by atoms with Crippen LogP contribution in [0.4, 0.5) is 9.93 Å². The van der Waals surface area contributed by atoms with Crippen molar-refractivity contribution in [3.63, 3.8) is 0 Å². The first-order valence-electron chi connectivity index (χ1n) is 10.7. The minimum atomic E-state index is -0.275. The Balaban J connectivity index is 1.83. The molecule has 0 saturated heterocycles. The highest BCUT2D eigenvalue weighted by molar-refractivity contribution is 7.19. The van der Waals surface area contributed by atoms with Crippen LogP contribution < -0.4 is 16.4 Å². The van der Waals surface area contributed by atoms with Gasteiger partial charge >= 0.3 is 6.03 Å². The Morgan fingerprint density at radius 2 is 1.81 bits per heavy atom. The zero-order valence-electron chi connectivity index (χ0n) is 18.4. The van der Waals surface area contributed by atoms with E-state index in [9.17, 15) is 10.1 Å². The lowest BCUT2D eigenvalue weighted by molar-refractivity contribution is 0.252. The molecule has 3 aromatic rings. The summed E-state index contributed by atoms with van der Waals surface area (Å²) >= 11 is 1.41. The molecular formula is C24H28N6OS. The minimum Gasteiger partial charge on any atom is -0.338 e. The molecule has 0 aliphatic heterocycles. The smallest absolute Gasteiger partial charge is 0.321 e. The first kappa shape index (κ1) is 23.4. The van der Waals surface area contributed by atoms with E-state index in [1.807, 2.05) is 44.2 Å². The Kier molecular flexibility index (Phi) is 8.31. The molecule has 0 saturated carbocycles. The molecule has 4 N–H and O–H groups in total. The minimum absolute atomic E-state index is 0.275. The Morgan fingerprint density at radius 1 is 1.06 bits per heavy atom. The number of nitriles is 1. The molecule has 2 amide bonds. The van der Waals surface area contributed by atoms with E-state index in [1.54, 1.807) is 6.07 Å². The van der Waals surface area contributed by atoms with Crippen LogP contribution in [0.3, 0.4) is 0 Å². The van der Waals surface area contributed by atoms with E-state index < -0.39 is 0 Å². The van der Waals surface area contributed by atoms with Crippen molar-refractivity contribution in [3.05, 3.63) is 53.3 Å². The van der Waals surface area contributed by atoms with Gasteiger partial charge in [0.05, 0.1) is 22.2 Å². The maximum Gasteiger partial charge on any atom is 0.321 e. The summed E-state index contributed by atoms with van der Waals surface area (Å²) in [6.07, 6.45) is 4.04. The molecule has 1 aromatic carbocycles. The summed E-state index contributed by atoms with van der Waals surface area (Å²) in [5.74, 6) is 0. The van der Waals surface area contributed by atoms with E-state index in [-0.39, 0.29) is 6.03 Å². The molecule has 0 unspecified atom stereocenters. The van der Waals surface area contributed by atoms with E-state index in [2.05, 4.69) is 21.7 Å². The number of nitrogens with two attached hydrogens (primary N) is 1. The number of unbranched alkanes of at least 4 members (excludes halogenated alkanes) is 3. The van der Waals surface area contributed by atoms with Gasteiger partial charge in [-0.2, -0.15) is 5.26 Å². The molecule has 166 valence electrons. The lowest BCUT2D eigenvalue weighted by atomic mass is 10.0. The summed E-state index contributed by atoms with van der Waals surface area (Å²) in [5, 5.41) is 15.5. The van der Waals surface area contributed by atoms with Gasteiger partial charge in [0, 0.05) is 23.5 Å². The first-order valence-corrected chi connectivity index (χ1v) is 11.5. The van der Waals surface area contributed by atoms with Gasteiger partial charge in [-0.05, 0) is 63.1 Å². The molecule has 0 spiro atoms. The highest BCUT2D eigenvalue weighted by Gasteiger charge is 2.17. The van der Waals surface area contributed by atoms with E-state index in [0.717, 1.165) is 58.8 Å². The molecule has 2 aromatic heterocycles. The Bertz CT molecular complexity index is 1100. The number of benzene rings is 1. The summed E-state index contributed by atoms with van der Waals surface area (Å²) < 4.78 is 0. The third kappa shape index (κ3) is 6.36. The maximum atomic E-state index is 12.4. The normalized spacial score (nSPS) is 10.6. The average molecular weight is 449 g/mol. The second-order valence-electron chi connectivity index (χ2n) is 7.61. The van der Waals surface area contributed by atoms with Crippen LogP contribution in [-0.2, 0) is 0 Å². The van der Waals surface area contributed by atoms with E-state index in [1.165, 1.54) is 11.3 Å². The van der Waals surface area contributed by atoms with E-state index in [4.69, 9.17) is 10.7 Å². The number of aromatic nitrogens is 2. The zero-order chi connectivity index (χ0) is 22.9. The first-order chi connectivity index (χ1) is 15.5. The van der Waals surface area contributed by atoms with Crippen molar-refractivity contribution in [2.75, 3.05) is 18.4 Å². The standard InChI is InChI=1S/C24H28N6OS/c1-16-12-20(13-17(2)28-16)22-21(19-9-7-8-18(14-19)15-26)29-24(32-22)30-23(31)27-11-6-4-3-5-10-25/h7-9,12-14H,3-6,10-11,25H2,1-2H3,(H2,27,29,30,31). The fraction of sp³-hybridized carbons (Fsp3) is 0.333. The summed E-state index contributed by atoms with van der Waals surface area (Å²) in [7, 11) is 0. The van der Waals surface area contributed by atoms with Crippen LogP contribution in [0.25, 0.3) is 21.7 Å². The van der Waals surface area contributed by atoms with Crippen LogP contribution in [0.15, 0.2) is 36.4 Å². The molecule has 7 nitrogen and oxygen atoms in total. The summed E-state index contributed by atoms with van der Waals surface area (Å²) in [6.45, 7) is 5.21. The molecule has 2 heterocycles. The van der Waals surface area contributed by atoms with Crippen LogP contribution >= 0.6 is 11.3 Å². The predicted octanol–water partition coefficient (Wildman–Crippen LogP) is 5.00. The summed E-state index contributed by atoms with van der Waals surface area (Å²) in [6, 6.07) is 13.2. The second-order valence-corrected chi connectivity index (χ2v) is 8.61. The molecule has 0 aliphatic rings. The van der Waals surface area contributed by atoms with Gasteiger partial charge in [0.1, 0.15) is 0 Å².